The lowest BCUT2D eigenvalue weighted by Crippen LogP contribution is -2.24. The van der Waals surface area contributed by atoms with Gasteiger partial charge in [-0.15, -0.1) is 0 Å². The zero-order valence-electron chi connectivity index (χ0n) is 14.6. The third-order valence-corrected chi connectivity index (χ3v) is 4.37. The molecule has 0 bridgehead atoms. The molecule has 1 heterocycles. The second-order valence-electron chi connectivity index (χ2n) is 6.22. The van der Waals surface area contributed by atoms with Gasteiger partial charge in [-0.25, -0.2) is 0 Å². The van der Waals surface area contributed by atoms with Crippen LogP contribution in [0.25, 0.3) is 0 Å². The SMILES string of the molecule is COc1cccc(Nc2nc(N)c([N+](=O)[O-])c(NC3CCCCC3)n2)c1. The Morgan fingerprint density at radius 3 is 2.73 bits per heavy atom. The largest absolute Gasteiger partial charge is 0.497 e. The van der Waals surface area contributed by atoms with Crippen LogP contribution < -0.4 is 21.1 Å². The highest BCUT2D eigenvalue weighted by atomic mass is 16.6. The summed E-state index contributed by atoms with van der Waals surface area (Å²) in [6.45, 7) is 0. The fourth-order valence-electron chi connectivity index (χ4n) is 3.08. The van der Waals surface area contributed by atoms with Crippen molar-refractivity contribution in [1.82, 2.24) is 9.97 Å². The van der Waals surface area contributed by atoms with E-state index in [1.165, 1.54) is 6.42 Å². The molecule has 0 aliphatic heterocycles. The van der Waals surface area contributed by atoms with Gasteiger partial charge in [-0.05, 0) is 25.0 Å². The van der Waals surface area contributed by atoms with Gasteiger partial charge in [0.15, 0.2) is 0 Å². The molecule has 9 nitrogen and oxygen atoms in total. The van der Waals surface area contributed by atoms with Crippen LogP contribution in [0.5, 0.6) is 5.75 Å². The van der Waals surface area contributed by atoms with Crippen molar-refractivity contribution >= 4 is 29.0 Å². The summed E-state index contributed by atoms with van der Waals surface area (Å²) in [5, 5.41) is 17.6. The molecule has 0 unspecified atom stereocenters. The molecule has 4 N–H and O–H groups in total. The first-order valence-electron chi connectivity index (χ1n) is 8.56. The highest BCUT2D eigenvalue weighted by Gasteiger charge is 2.25. The average molecular weight is 358 g/mol. The molecule has 0 radical (unpaired) electrons. The summed E-state index contributed by atoms with van der Waals surface area (Å²) in [5.41, 5.74) is 6.25. The maximum absolute atomic E-state index is 11.4. The van der Waals surface area contributed by atoms with E-state index in [0.29, 0.717) is 11.4 Å². The van der Waals surface area contributed by atoms with E-state index in [4.69, 9.17) is 10.5 Å². The molecular weight excluding hydrogens is 336 g/mol. The Labute approximate surface area is 151 Å². The van der Waals surface area contributed by atoms with Gasteiger partial charge in [0.2, 0.25) is 17.6 Å². The Bertz CT molecular complexity index is 792. The van der Waals surface area contributed by atoms with E-state index >= 15 is 0 Å². The lowest BCUT2D eigenvalue weighted by molar-refractivity contribution is -0.383. The summed E-state index contributed by atoms with van der Waals surface area (Å²) in [4.78, 5) is 19.2. The van der Waals surface area contributed by atoms with Crippen molar-refractivity contribution in [2.45, 2.75) is 38.1 Å². The second kappa shape index (κ2) is 7.85. The van der Waals surface area contributed by atoms with Crippen molar-refractivity contribution in [1.29, 1.82) is 0 Å². The Morgan fingerprint density at radius 1 is 1.27 bits per heavy atom. The number of nitrogens with two attached hydrogens (primary N) is 1. The number of nitro groups is 1. The van der Waals surface area contributed by atoms with Gasteiger partial charge < -0.3 is 21.1 Å². The Hall–Kier alpha value is -3.10. The zero-order valence-corrected chi connectivity index (χ0v) is 14.6. The topological polar surface area (TPSA) is 128 Å². The third kappa shape index (κ3) is 4.11. The maximum atomic E-state index is 11.4. The maximum Gasteiger partial charge on any atom is 0.353 e. The number of nitrogens with one attached hydrogen (secondary N) is 2. The number of nitrogen functional groups attached to an aromatic ring is 1. The van der Waals surface area contributed by atoms with Gasteiger partial charge in [-0.3, -0.25) is 10.1 Å². The molecule has 1 fully saturated rings. The molecule has 9 heteroatoms. The molecule has 3 rings (SSSR count). The van der Waals surface area contributed by atoms with Crippen molar-refractivity contribution in [2.24, 2.45) is 0 Å². The standard InChI is InChI=1S/C17H22N6O3/c1-26-13-9-5-8-12(10-13)20-17-21-15(18)14(23(24)25)16(22-17)19-11-6-3-2-4-7-11/h5,8-11H,2-4,6-7H2,1H3,(H4,18,19,20,21,22). The number of nitrogens with zero attached hydrogens (tertiary/aromatic N) is 3. The molecule has 2 aromatic rings. The molecule has 1 aromatic carbocycles. The van der Waals surface area contributed by atoms with Gasteiger partial charge in [0.25, 0.3) is 0 Å². The number of anilines is 4. The molecular formula is C17H22N6O3. The third-order valence-electron chi connectivity index (χ3n) is 4.37. The lowest BCUT2D eigenvalue weighted by Gasteiger charge is -2.23. The van der Waals surface area contributed by atoms with Crippen molar-refractivity contribution in [3.05, 3.63) is 34.4 Å². The van der Waals surface area contributed by atoms with Gasteiger partial charge in [0.05, 0.1) is 12.0 Å². The number of rotatable bonds is 6. The minimum atomic E-state index is -0.546. The van der Waals surface area contributed by atoms with Crippen LogP contribution in [0, 0.1) is 10.1 Å². The van der Waals surface area contributed by atoms with E-state index in [-0.39, 0.29) is 29.3 Å². The highest BCUT2D eigenvalue weighted by Crippen LogP contribution is 2.32. The van der Waals surface area contributed by atoms with Crippen LogP contribution in [0.15, 0.2) is 24.3 Å². The molecule has 1 aliphatic rings. The van der Waals surface area contributed by atoms with Crippen LogP contribution in [0.1, 0.15) is 32.1 Å². The van der Waals surface area contributed by atoms with E-state index in [0.717, 1.165) is 25.7 Å². The second-order valence-corrected chi connectivity index (χ2v) is 6.22. The molecule has 138 valence electrons. The van der Waals surface area contributed by atoms with Gasteiger partial charge in [-0.1, -0.05) is 25.3 Å². The number of methoxy groups -OCH3 is 1. The molecule has 0 amide bonds. The summed E-state index contributed by atoms with van der Waals surface area (Å²) < 4.78 is 5.18. The number of benzene rings is 1. The monoisotopic (exact) mass is 358 g/mol. The summed E-state index contributed by atoms with van der Waals surface area (Å²) in [6.07, 6.45) is 5.30. The summed E-state index contributed by atoms with van der Waals surface area (Å²) in [5.74, 6) is 0.846. The molecule has 1 saturated carbocycles. The predicted octanol–water partition coefficient (Wildman–Crippen LogP) is 3.46. The minimum absolute atomic E-state index is 0.153. The van der Waals surface area contributed by atoms with Gasteiger partial charge in [0, 0.05) is 17.8 Å². The normalized spacial score (nSPS) is 14.7. The first kappa shape index (κ1) is 17.7. The fraction of sp³-hybridized carbons (Fsp3) is 0.412. The highest BCUT2D eigenvalue weighted by molar-refractivity contribution is 5.71. The summed E-state index contributed by atoms with van der Waals surface area (Å²) in [6, 6.07) is 7.37. The van der Waals surface area contributed by atoms with Crippen molar-refractivity contribution in [2.75, 3.05) is 23.5 Å². The molecule has 0 saturated heterocycles. The van der Waals surface area contributed by atoms with Crippen LogP contribution >= 0.6 is 0 Å². The van der Waals surface area contributed by atoms with Crippen LogP contribution in [0.3, 0.4) is 0 Å². The van der Waals surface area contributed by atoms with Crippen molar-refractivity contribution in [3.63, 3.8) is 0 Å². The van der Waals surface area contributed by atoms with E-state index in [2.05, 4.69) is 20.6 Å². The zero-order chi connectivity index (χ0) is 18.5. The van der Waals surface area contributed by atoms with Crippen molar-refractivity contribution in [3.8, 4) is 5.75 Å². The first-order chi connectivity index (χ1) is 12.6. The van der Waals surface area contributed by atoms with E-state index in [1.54, 1.807) is 13.2 Å². The quantitative estimate of drug-likeness (QED) is 0.529. The number of ether oxygens (including phenoxy) is 1. The van der Waals surface area contributed by atoms with Crippen LogP contribution in [-0.4, -0.2) is 28.0 Å². The fourth-order valence-corrected chi connectivity index (χ4v) is 3.08. The lowest BCUT2D eigenvalue weighted by atomic mass is 9.95. The predicted molar refractivity (Wildman–Crippen MR) is 99.9 cm³/mol. The van der Waals surface area contributed by atoms with E-state index in [1.807, 2.05) is 18.2 Å². The average Bonchev–Trinajstić information content (AvgIpc) is 2.62. The van der Waals surface area contributed by atoms with E-state index < -0.39 is 4.92 Å². The number of hydrogen-bond acceptors (Lipinski definition) is 8. The van der Waals surface area contributed by atoms with Gasteiger partial charge in [-0.2, -0.15) is 9.97 Å². The van der Waals surface area contributed by atoms with Gasteiger partial charge >= 0.3 is 5.69 Å². The van der Waals surface area contributed by atoms with Crippen LogP contribution in [0.4, 0.5) is 29.0 Å². The van der Waals surface area contributed by atoms with E-state index in [9.17, 15) is 10.1 Å². The Kier molecular flexibility index (Phi) is 5.35. The Morgan fingerprint density at radius 2 is 2.04 bits per heavy atom. The molecule has 0 atom stereocenters. The first-order valence-corrected chi connectivity index (χ1v) is 8.56. The molecule has 1 aliphatic carbocycles. The molecule has 0 spiro atoms. The summed E-state index contributed by atoms with van der Waals surface area (Å²) >= 11 is 0. The number of aromatic nitrogens is 2. The van der Waals surface area contributed by atoms with Crippen LogP contribution in [0.2, 0.25) is 0 Å². The smallest absolute Gasteiger partial charge is 0.353 e. The number of hydrogen-bond donors (Lipinski definition) is 3. The molecule has 1 aromatic heterocycles. The molecule has 26 heavy (non-hydrogen) atoms. The van der Waals surface area contributed by atoms with Crippen molar-refractivity contribution < 1.29 is 9.66 Å². The van der Waals surface area contributed by atoms with Gasteiger partial charge in [0.1, 0.15) is 5.75 Å². The summed E-state index contributed by atoms with van der Waals surface area (Å²) in [7, 11) is 1.58. The van der Waals surface area contributed by atoms with Crippen LogP contribution in [-0.2, 0) is 0 Å². The Balaban J connectivity index is 1.89. The minimum Gasteiger partial charge on any atom is -0.497 e.